The summed E-state index contributed by atoms with van der Waals surface area (Å²) in [7, 11) is 0. The highest BCUT2D eigenvalue weighted by molar-refractivity contribution is 8.01. The Labute approximate surface area is 323 Å². The number of β-lactam (4-membered cyclic amide) rings is 1. The van der Waals surface area contributed by atoms with Crippen molar-refractivity contribution in [2.24, 2.45) is 0 Å². The van der Waals surface area contributed by atoms with Gasteiger partial charge in [-0.2, -0.15) is 0 Å². The van der Waals surface area contributed by atoms with Crippen LogP contribution in [-0.2, 0) is 46.6 Å². The van der Waals surface area contributed by atoms with Gasteiger partial charge in [0.2, 0.25) is 21.8 Å². The number of hydrogen-bond donors (Lipinski definition) is 4. The van der Waals surface area contributed by atoms with Crippen LogP contribution in [0.5, 0.6) is 0 Å². The van der Waals surface area contributed by atoms with Crippen LogP contribution in [-0.4, -0.2) is 73.5 Å². The molecule has 0 spiro atoms. The van der Waals surface area contributed by atoms with Crippen molar-refractivity contribution >= 4 is 88.6 Å². The molecular weight excluding hydrogens is 773 g/mol. The van der Waals surface area contributed by atoms with Gasteiger partial charge in [-0.1, -0.05) is 108 Å². The van der Waals surface area contributed by atoms with E-state index in [1.807, 2.05) is 18.2 Å². The molecule has 14 nitrogen and oxygen atoms in total. The van der Waals surface area contributed by atoms with E-state index in [4.69, 9.17) is 49.0 Å². The second kappa shape index (κ2) is 16.5. The smallest absolute Gasteiger partial charge is 0.411 e. The number of thioether (sulfide) groups is 1. The summed E-state index contributed by atoms with van der Waals surface area (Å²) >= 11 is 18.4. The number of ether oxygens (including phenoxy) is 3. The summed E-state index contributed by atoms with van der Waals surface area (Å²) in [4.78, 5) is 80.0. The lowest BCUT2D eigenvalue weighted by molar-refractivity contribution is -0.181. The summed E-state index contributed by atoms with van der Waals surface area (Å²) in [5.41, 5.74) is -0.238. The van der Waals surface area contributed by atoms with Gasteiger partial charge in [-0.25, -0.2) is 14.4 Å². The number of carbonyl (C=O) groups excluding carboxylic acids is 6. The molecule has 2 heterocycles. The molecule has 3 aromatic rings. The molecule has 280 valence electrons. The van der Waals surface area contributed by atoms with Gasteiger partial charge in [0.25, 0.3) is 5.91 Å². The molecule has 2 aliphatic rings. The molecule has 4 atom stereocenters. The Morgan fingerprint density at radius 2 is 1.45 bits per heavy atom. The van der Waals surface area contributed by atoms with Crippen molar-refractivity contribution in [3.63, 3.8) is 0 Å². The second-order valence-electron chi connectivity index (χ2n) is 12.3. The van der Waals surface area contributed by atoms with Crippen LogP contribution in [0.1, 0.15) is 36.6 Å². The van der Waals surface area contributed by atoms with Crippen molar-refractivity contribution in [2.45, 2.75) is 58.7 Å². The standard InChI is InChI=1S/C35H34Cl3N5O9S/c1-33(2)35(30(47)50-17-21-9-5-3-6-10-21,43-28(46)26(39-20-44)29(43)53-33)42-27(45)25(41-32(49)52-19-34(36,37)38)23-13-15-24(16-14-23)40-31(48)51-18-22-11-7-4-8-12-22/h3-16,20,25-26,29H,17-19H2,1-2H3,(H,39,44)(H,40,48)(H,41,49)(H,42,45)/t25?,26-,29-,35+/m1/s1. The molecule has 3 aromatic carbocycles. The quantitative estimate of drug-likeness (QED) is 0.0608. The van der Waals surface area contributed by atoms with E-state index in [1.165, 1.54) is 36.0 Å². The number of anilines is 1. The highest BCUT2D eigenvalue weighted by Gasteiger charge is 2.74. The van der Waals surface area contributed by atoms with Gasteiger partial charge in [-0.15, -0.1) is 11.8 Å². The minimum Gasteiger partial charge on any atom is -0.458 e. The van der Waals surface area contributed by atoms with Gasteiger partial charge in [-0.3, -0.25) is 24.6 Å². The molecule has 5 amide bonds. The van der Waals surface area contributed by atoms with Gasteiger partial charge in [-0.05, 0) is 42.7 Å². The van der Waals surface area contributed by atoms with E-state index in [0.717, 1.165) is 10.5 Å². The van der Waals surface area contributed by atoms with Crippen LogP contribution in [0.3, 0.4) is 0 Å². The molecule has 2 aliphatic heterocycles. The topological polar surface area (TPSA) is 181 Å². The number of amides is 5. The highest BCUT2D eigenvalue weighted by Crippen LogP contribution is 2.56. The van der Waals surface area contributed by atoms with Gasteiger partial charge in [0.15, 0.2) is 0 Å². The molecule has 0 radical (unpaired) electrons. The number of alkyl carbamates (subject to hydrolysis) is 1. The number of esters is 1. The van der Waals surface area contributed by atoms with Gasteiger partial charge < -0.3 is 30.2 Å². The third-order valence-electron chi connectivity index (χ3n) is 8.35. The van der Waals surface area contributed by atoms with Crippen LogP contribution in [0.2, 0.25) is 0 Å². The molecule has 0 aromatic heterocycles. The van der Waals surface area contributed by atoms with Crippen molar-refractivity contribution < 1.29 is 43.0 Å². The zero-order valence-electron chi connectivity index (χ0n) is 28.2. The van der Waals surface area contributed by atoms with Crippen molar-refractivity contribution in [1.29, 1.82) is 0 Å². The van der Waals surface area contributed by atoms with E-state index in [1.54, 1.807) is 56.3 Å². The largest absolute Gasteiger partial charge is 0.458 e. The lowest BCUT2D eigenvalue weighted by Crippen LogP contribution is -2.80. The van der Waals surface area contributed by atoms with Crippen molar-refractivity contribution in [3.05, 3.63) is 102 Å². The molecule has 18 heteroatoms. The van der Waals surface area contributed by atoms with E-state index in [2.05, 4.69) is 21.3 Å². The van der Waals surface area contributed by atoms with E-state index in [-0.39, 0.29) is 18.8 Å². The van der Waals surface area contributed by atoms with Gasteiger partial charge in [0, 0.05) is 5.69 Å². The molecular formula is C35H34Cl3N5O9S. The van der Waals surface area contributed by atoms with E-state index in [9.17, 15) is 28.8 Å². The van der Waals surface area contributed by atoms with Crippen molar-refractivity contribution in [3.8, 4) is 0 Å². The molecule has 0 bridgehead atoms. The first-order valence-corrected chi connectivity index (χ1v) is 18.0. The Kier molecular flexibility index (Phi) is 12.3. The summed E-state index contributed by atoms with van der Waals surface area (Å²) in [6.45, 7) is 2.46. The van der Waals surface area contributed by atoms with Crippen LogP contribution in [0.4, 0.5) is 15.3 Å². The van der Waals surface area contributed by atoms with Gasteiger partial charge in [0.1, 0.15) is 37.3 Å². The SMILES string of the molecule is CC1(C)S[C@@H]2[C@H](NC=O)C(=O)N2[C@@]1(NC(=O)C(NC(=O)OCC(Cl)(Cl)Cl)c1ccc(NC(=O)OCc2ccccc2)cc1)C(=O)OCc1ccccc1. The Morgan fingerprint density at radius 3 is 2.02 bits per heavy atom. The minimum atomic E-state index is -2.13. The molecule has 53 heavy (non-hydrogen) atoms. The zero-order valence-corrected chi connectivity index (χ0v) is 31.3. The van der Waals surface area contributed by atoms with Crippen LogP contribution >= 0.6 is 46.6 Å². The van der Waals surface area contributed by atoms with Gasteiger partial charge >= 0.3 is 18.2 Å². The summed E-state index contributed by atoms with van der Waals surface area (Å²) in [6, 6.07) is 21.1. The van der Waals surface area contributed by atoms with E-state index in [0.29, 0.717) is 17.7 Å². The molecule has 1 unspecified atom stereocenters. The Balaban J connectivity index is 1.42. The van der Waals surface area contributed by atoms with E-state index < -0.39 is 68.2 Å². The summed E-state index contributed by atoms with van der Waals surface area (Å²) in [5, 5.41) is 9.43. The molecule has 2 fully saturated rings. The average Bonchev–Trinajstić information content (AvgIpc) is 3.34. The lowest BCUT2D eigenvalue weighted by Gasteiger charge is -2.50. The highest BCUT2D eigenvalue weighted by atomic mass is 35.6. The molecule has 2 saturated heterocycles. The first-order chi connectivity index (χ1) is 25.1. The number of rotatable bonds is 13. The van der Waals surface area contributed by atoms with Crippen LogP contribution in [0.25, 0.3) is 0 Å². The normalized spacial score (nSPS) is 20.5. The molecule has 0 saturated carbocycles. The monoisotopic (exact) mass is 805 g/mol. The Morgan fingerprint density at radius 1 is 0.868 bits per heavy atom. The second-order valence-corrected chi connectivity index (χ2v) is 16.6. The fraction of sp³-hybridized carbons (Fsp3) is 0.314. The maximum Gasteiger partial charge on any atom is 0.411 e. The fourth-order valence-electron chi connectivity index (χ4n) is 5.77. The molecule has 5 rings (SSSR count). The number of nitrogens with one attached hydrogen (secondary N) is 4. The number of halogens is 3. The van der Waals surface area contributed by atoms with Gasteiger partial charge in [0.05, 0.1) is 4.75 Å². The number of benzene rings is 3. The van der Waals surface area contributed by atoms with Crippen LogP contribution < -0.4 is 21.3 Å². The molecule has 0 aliphatic carbocycles. The predicted molar refractivity (Wildman–Crippen MR) is 197 cm³/mol. The van der Waals surface area contributed by atoms with E-state index >= 15 is 0 Å². The molecule has 4 N–H and O–H groups in total. The first kappa shape index (κ1) is 39.5. The third-order valence-corrected chi connectivity index (χ3v) is 10.3. The number of alkyl halides is 3. The predicted octanol–water partition coefficient (Wildman–Crippen LogP) is 4.94. The van der Waals surface area contributed by atoms with Crippen molar-refractivity contribution in [1.82, 2.24) is 20.9 Å². The Bertz CT molecular complexity index is 1830. The summed E-state index contributed by atoms with van der Waals surface area (Å²) in [5.74, 6) is -2.55. The number of nitrogens with zero attached hydrogens (tertiary/aromatic N) is 1. The fourth-order valence-corrected chi connectivity index (χ4v) is 7.64. The first-order valence-electron chi connectivity index (χ1n) is 16.0. The minimum absolute atomic E-state index is 0.0315. The number of fused-ring (bicyclic) bond motifs is 1. The summed E-state index contributed by atoms with van der Waals surface area (Å²) in [6.07, 6.45) is -1.52. The third kappa shape index (κ3) is 9.10. The van der Waals surface area contributed by atoms with Crippen molar-refractivity contribution in [2.75, 3.05) is 11.9 Å². The maximum absolute atomic E-state index is 14.4. The number of hydrogen-bond acceptors (Lipinski definition) is 10. The summed E-state index contributed by atoms with van der Waals surface area (Å²) < 4.78 is 12.8. The van der Waals surface area contributed by atoms with Crippen LogP contribution in [0.15, 0.2) is 84.9 Å². The maximum atomic E-state index is 14.4. The number of carbonyl (C=O) groups is 6. The zero-order chi connectivity index (χ0) is 38.4. The Hall–Kier alpha value is -4.70. The lowest BCUT2D eigenvalue weighted by atomic mass is 9.87. The van der Waals surface area contributed by atoms with Crippen LogP contribution in [0, 0.1) is 0 Å². The average molecular weight is 807 g/mol.